The van der Waals surface area contributed by atoms with E-state index in [4.69, 9.17) is 27.9 Å². The zero-order valence-corrected chi connectivity index (χ0v) is 27.3. The van der Waals surface area contributed by atoms with Crippen LogP contribution in [0, 0.1) is 6.92 Å². The van der Waals surface area contributed by atoms with Gasteiger partial charge in [-0.15, -0.1) is 11.3 Å². The summed E-state index contributed by atoms with van der Waals surface area (Å²) in [6, 6.07) is 16.1. The number of carbonyl (C=O) groups is 4. The number of hydrogen-bond donors (Lipinski definition) is 0. The zero-order valence-electron chi connectivity index (χ0n) is 25.0. The van der Waals surface area contributed by atoms with Gasteiger partial charge in [-0.3, -0.25) is 19.2 Å². The van der Waals surface area contributed by atoms with Crippen LogP contribution in [-0.4, -0.2) is 83.8 Å². The minimum absolute atomic E-state index is 0.0842. The Hall–Kier alpha value is -3.40. The maximum Gasteiger partial charge on any atom is 0.325 e. The van der Waals surface area contributed by atoms with Gasteiger partial charge in [-0.2, -0.15) is 0 Å². The summed E-state index contributed by atoms with van der Waals surface area (Å²) in [6.45, 7) is 4.42. The second-order valence-corrected chi connectivity index (χ2v) is 12.6. The molecule has 4 rings (SSSR count). The molecular weight excluding hydrogens is 621 g/mol. The third-order valence-electron chi connectivity index (χ3n) is 7.60. The van der Waals surface area contributed by atoms with Crippen molar-refractivity contribution < 1.29 is 23.9 Å². The van der Waals surface area contributed by atoms with Gasteiger partial charge in [-0.05, 0) is 67.8 Å². The van der Waals surface area contributed by atoms with Gasteiger partial charge in [0.2, 0.25) is 17.7 Å². The molecule has 0 radical (unpaired) electrons. The van der Waals surface area contributed by atoms with Crippen LogP contribution in [-0.2, 0) is 43.2 Å². The second-order valence-electron chi connectivity index (χ2n) is 10.7. The number of benzene rings is 2. The molecule has 1 fully saturated rings. The van der Waals surface area contributed by atoms with E-state index in [0.717, 1.165) is 21.6 Å². The Bertz CT molecular complexity index is 1450. The maximum absolute atomic E-state index is 13.9. The van der Waals surface area contributed by atoms with E-state index < -0.39 is 12.0 Å². The van der Waals surface area contributed by atoms with E-state index in [2.05, 4.69) is 0 Å². The Morgan fingerprint density at radius 1 is 1.02 bits per heavy atom. The zero-order chi connectivity index (χ0) is 31.6. The lowest BCUT2D eigenvalue weighted by molar-refractivity contribution is -0.158. The first-order valence-electron chi connectivity index (χ1n) is 14.7. The van der Waals surface area contributed by atoms with Crippen LogP contribution in [0.1, 0.15) is 34.9 Å². The number of carbonyl (C=O) groups excluding carboxylic acids is 4. The molecule has 234 valence electrons. The van der Waals surface area contributed by atoms with Crippen molar-refractivity contribution in [1.29, 1.82) is 0 Å². The topological polar surface area (TPSA) is 87.2 Å². The molecule has 0 aliphatic carbocycles. The predicted octanol–water partition coefficient (Wildman–Crippen LogP) is 5.21. The van der Waals surface area contributed by atoms with Crippen molar-refractivity contribution in [3.63, 3.8) is 0 Å². The smallest absolute Gasteiger partial charge is 0.325 e. The maximum atomic E-state index is 13.9. The summed E-state index contributed by atoms with van der Waals surface area (Å²) in [6.07, 6.45) is 1.29. The van der Waals surface area contributed by atoms with E-state index in [-0.39, 0.29) is 56.9 Å². The van der Waals surface area contributed by atoms with E-state index in [1.807, 2.05) is 48.7 Å². The lowest BCUT2D eigenvalue weighted by Gasteiger charge is -2.40. The minimum atomic E-state index is -0.992. The Balaban J connectivity index is 1.52. The SMILES string of the molecule is CCOC(=O)CN(CCc1ccc(C)cc1)C(=O)CC1C(=O)N(CCc2ccc(Cl)cc2Cl)CC(=O)N1CCc1cccs1. The van der Waals surface area contributed by atoms with Gasteiger partial charge >= 0.3 is 5.97 Å². The summed E-state index contributed by atoms with van der Waals surface area (Å²) in [4.78, 5) is 59.2. The monoisotopic (exact) mass is 657 g/mol. The number of piperazine rings is 1. The van der Waals surface area contributed by atoms with E-state index in [0.29, 0.717) is 35.9 Å². The van der Waals surface area contributed by atoms with E-state index in [1.54, 1.807) is 36.5 Å². The molecule has 2 heterocycles. The number of thiophene rings is 1. The van der Waals surface area contributed by atoms with Crippen molar-refractivity contribution in [2.45, 2.75) is 45.6 Å². The van der Waals surface area contributed by atoms with Crippen LogP contribution in [0.15, 0.2) is 60.0 Å². The quantitative estimate of drug-likeness (QED) is 0.222. The molecule has 1 unspecified atom stereocenters. The first kappa shape index (κ1) is 33.5. The summed E-state index contributed by atoms with van der Waals surface area (Å²) in [7, 11) is 0. The number of nitrogens with zero attached hydrogens (tertiary/aromatic N) is 3. The fourth-order valence-corrected chi connectivity index (χ4v) is 6.35. The van der Waals surface area contributed by atoms with E-state index in [1.165, 1.54) is 14.7 Å². The number of hydrogen-bond acceptors (Lipinski definition) is 6. The highest BCUT2D eigenvalue weighted by Crippen LogP contribution is 2.24. The summed E-state index contributed by atoms with van der Waals surface area (Å²) >= 11 is 14.0. The van der Waals surface area contributed by atoms with Crippen LogP contribution in [0.4, 0.5) is 0 Å². The van der Waals surface area contributed by atoms with Crippen LogP contribution in [0.25, 0.3) is 0 Å². The van der Waals surface area contributed by atoms with Crippen molar-refractivity contribution in [1.82, 2.24) is 14.7 Å². The van der Waals surface area contributed by atoms with Gasteiger partial charge in [-0.1, -0.05) is 65.2 Å². The van der Waals surface area contributed by atoms with Gasteiger partial charge < -0.3 is 19.4 Å². The molecule has 1 aromatic heterocycles. The first-order chi connectivity index (χ1) is 21.1. The van der Waals surface area contributed by atoms with Crippen molar-refractivity contribution >= 4 is 58.2 Å². The van der Waals surface area contributed by atoms with Gasteiger partial charge in [0.15, 0.2) is 0 Å². The molecule has 3 aromatic rings. The summed E-state index contributed by atoms with van der Waals surface area (Å²) in [5.74, 6) is -1.44. The summed E-state index contributed by atoms with van der Waals surface area (Å²) in [5.41, 5.74) is 2.95. The molecule has 1 aliphatic rings. The average Bonchev–Trinajstić information content (AvgIpc) is 3.51. The van der Waals surface area contributed by atoms with Crippen LogP contribution >= 0.6 is 34.5 Å². The Kier molecular flexibility index (Phi) is 12.2. The molecule has 0 spiro atoms. The van der Waals surface area contributed by atoms with Crippen molar-refractivity contribution in [3.05, 3.63) is 91.6 Å². The minimum Gasteiger partial charge on any atom is -0.465 e. The first-order valence-corrected chi connectivity index (χ1v) is 16.3. The molecule has 0 saturated carbocycles. The van der Waals surface area contributed by atoms with Crippen molar-refractivity contribution in [2.24, 2.45) is 0 Å². The van der Waals surface area contributed by atoms with Gasteiger partial charge in [0.25, 0.3) is 0 Å². The number of ether oxygens (including phenoxy) is 1. The number of amides is 3. The highest BCUT2D eigenvalue weighted by atomic mass is 35.5. The normalized spacial score (nSPS) is 15.0. The highest BCUT2D eigenvalue weighted by Gasteiger charge is 2.41. The molecule has 8 nitrogen and oxygen atoms in total. The van der Waals surface area contributed by atoms with Gasteiger partial charge in [0.1, 0.15) is 12.6 Å². The number of aryl methyl sites for hydroxylation is 1. The largest absolute Gasteiger partial charge is 0.465 e. The molecule has 11 heteroatoms. The molecular formula is C33H37Cl2N3O5S. The molecule has 3 amide bonds. The fourth-order valence-electron chi connectivity index (χ4n) is 5.15. The molecule has 1 saturated heterocycles. The van der Waals surface area contributed by atoms with Gasteiger partial charge in [-0.25, -0.2) is 0 Å². The fraction of sp³-hybridized carbons (Fsp3) is 0.394. The van der Waals surface area contributed by atoms with Crippen LogP contribution in [0.2, 0.25) is 10.0 Å². The highest BCUT2D eigenvalue weighted by molar-refractivity contribution is 7.09. The Morgan fingerprint density at radius 2 is 1.80 bits per heavy atom. The molecule has 0 N–H and O–H groups in total. The number of halogens is 2. The molecule has 0 bridgehead atoms. The number of rotatable bonds is 14. The summed E-state index contributed by atoms with van der Waals surface area (Å²) in [5, 5.41) is 2.96. The van der Waals surface area contributed by atoms with E-state index in [9.17, 15) is 19.2 Å². The lowest BCUT2D eigenvalue weighted by Crippen LogP contribution is -2.61. The Labute approximate surface area is 272 Å². The van der Waals surface area contributed by atoms with Crippen LogP contribution < -0.4 is 0 Å². The predicted molar refractivity (Wildman–Crippen MR) is 173 cm³/mol. The van der Waals surface area contributed by atoms with Crippen LogP contribution in [0.3, 0.4) is 0 Å². The van der Waals surface area contributed by atoms with Crippen LogP contribution in [0.5, 0.6) is 0 Å². The average molecular weight is 659 g/mol. The van der Waals surface area contributed by atoms with Crippen molar-refractivity contribution in [3.8, 4) is 0 Å². The van der Waals surface area contributed by atoms with Crippen molar-refractivity contribution in [2.75, 3.05) is 39.3 Å². The third kappa shape index (κ3) is 9.30. The summed E-state index contributed by atoms with van der Waals surface area (Å²) < 4.78 is 5.14. The van der Waals surface area contributed by atoms with Gasteiger partial charge in [0, 0.05) is 34.6 Å². The third-order valence-corrected chi connectivity index (χ3v) is 9.12. The molecule has 1 aliphatic heterocycles. The number of esters is 1. The van der Waals surface area contributed by atoms with E-state index >= 15 is 0 Å². The molecule has 2 aromatic carbocycles. The Morgan fingerprint density at radius 3 is 2.48 bits per heavy atom. The van der Waals surface area contributed by atoms with Gasteiger partial charge in [0.05, 0.1) is 19.6 Å². The molecule has 44 heavy (non-hydrogen) atoms. The lowest BCUT2D eigenvalue weighted by atomic mass is 10.0. The second kappa shape index (κ2) is 16.1. The standard InChI is InChI=1S/C33H37Cl2N3O5S/c1-3-43-32(41)22-36(15-12-24-8-6-23(2)7-9-24)30(39)20-29-33(42)37(16-13-25-10-11-26(34)19-28(25)35)21-31(40)38(29)17-14-27-5-4-18-44-27/h4-11,18-19,29H,3,12-17,20-22H2,1-2H3. The molecule has 1 atom stereocenters.